The highest BCUT2D eigenvalue weighted by Crippen LogP contribution is 2.00. The molecule has 0 fully saturated rings. The highest BCUT2D eigenvalue weighted by Gasteiger charge is 2.11. The molecule has 0 spiro atoms. The highest BCUT2D eigenvalue weighted by atomic mass is 16.2. The van der Waals surface area contributed by atoms with Gasteiger partial charge >= 0.3 is 0 Å². The minimum Gasteiger partial charge on any atom is -0.349 e. The maximum atomic E-state index is 12.3. The summed E-state index contributed by atoms with van der Waals surface area (Å²) >= 11 is 0. The molecule has 0 saturated carbocycles. The molecule has 0 aliphatic rings. The number of pyridine rings is 1. The molecule has 2 N–H and O–H groups in total. The maximum absolute atomic E-state index is 12.3. The van der Waals surface area contributed by atoms with E-state index < -0.39 is 0 Å². The molecular weight excluding hydrogens is 402 g/mol. The van der Waals surface area contributed by atoms with Gasteiger partial charge in [-0.2, -0.15) is 0 Å². The molecule has 2 amide bonds. The third-order valence-corrected chi connectivity index (χ3v) is 4.35. The number of benzene rings is 2. The Morgan fingerprint density at radius 1 is 0.656 bits per heavy atom. The van der Waals surface area contributed by atoms with Crippen molar-refractivity contribution in [3.63, 3.8) is 0 Å². The molecule has 32 heavy (non-hydrogen) atoms. The third kappa shape index (κ3) is 7.60. The van der Waals surface area contributed by atoms with E-state index in [-0.39, 0.29) is 23.2 Å². The summed E-state index contributed by atoms with van der Waals surface area (Å²) < 4.78 is 0. The zero-order valence-corrected chi connectivity index (χ0v) is 17.6. The van der Waals surface area contributed by atoms with Gasteiger partial charge in [-0.3, -0.25) is 19.6 Å². The number of hydrogen-bond acceptors (Lipinski definition) is 5. The van der Waals surface area contributed by atoms with Crippen LogP contribution in [0.2, 0.25) is 0 Å². The van der Waals surface area contributed by atoms with Crippen LogP contribution < -0.4 is 10.6 Å². The molecule has 3 rings (SSSR count). The Labute approximate surface area is 187 Å². The van der Waals surface area contributed by atoms with Crippen LogP contribution in [-0.4, -0.2) is 55.4 Å². The minimum atomic E-state index is -0.345. The van der Waals surface area contributed by atoms with Gasteiger partial charge in [0.1, 0.15) is 11.4 Å². The van der Waals surface area contributed by atoms with E-state index in [9.17, 15) is 9.59 Å². The smallest absolute Gasteiger partial charge is 0.269 e. The number of hydrogen-bond donors (Lipinski definition) is 2. The minimum absolute atomic E-state index is 0.187. The fraction of sp³-hybridized carbons (Fsp3) is 0.160. The number of aliphatic imine (C=N–C) groups is 2. The lowest BCUT2D eigenvalue weighted by molar-refractivity contribution is 0.0945. The molecule has 0 saturated heterocycles. The molecule has 1 aromatic heterocycles. The van der Waals surface area contributed by atoms with Gasteiger partial charge in [-0.15, -0.1) is 0 Å². The van der Waals surface area contributed by atoms with Crippen LogP contribution >= 0.6 is 0 Å². The van der Waals surface area contributed by atoms with Crippen molar-refractivity contribution in [2.45, 2.75) is 0 Å². The summed E-state index contributed by atoms with van der Waals surface area (Å²) in [4.78, 5) is 37.4. The van der Waals surface area contributed by atoms with E-state index in [1.807, 2.05) is 60.7 Å². The van der Waals surface area contributed by atoms with Gasteiger partial charge in [0, 0.05) is 25.5 Å². The molecular formula is C25H25N5O2. The molecule has 7 nitrogen and oxygen atoms in total. The van der Waals surface area contributed by atoms with E-state index >= 15 is 0 Å². The van der Waals surface area contributed by atoms with Crippen LogP contribution in [0.4, 0.5) is 0 Å². The van der Waals surface area contributed by atoms with Gasteiger partial charge in [-0.25, -0.2) is 4.98 Å². The SMILES string of the molecule is O=C(NCCN=Cc1ccccc1)c1cccc(C(=O)NCCN=Cc2ccccc2)n1. The summed E-state index contributed by atoms with van der Waals surface area (Å²) in [5.74, 6) is -0.691. The summed E-state index contributed by atoms with van der Waals surface area (Å²) in [6.45, 7) is 1.65. The number of carbonyl (C=O) groups is 2. The van der Waals surface area contributed by atoms with Crippen LogP contribution in [-0.2, 0) is 0 Å². The lowest BCUT2D eigenvalue weighted by Gasteiger charge is -2.06. The number of aromatic nitrogens is 1. The molecule has 2 aromatic carbocycles. The van der Waals surface area contributed by atoms with Crippen molar-refractivity contribution in [2.75, 3.05) is 26.2 Å². The predicted molar refractivity (Wildman–Crippen MR) is 127 cm³/mol. The molecule has 0 aliphatic carbocycles. The summed E-state index contributed by atoms with van der Waals surface area (Å²) in [5, 5.41) is 5.52. The second kappa shape index (κ2) is 12.5. The molecule has 0 atom stereocenters. The van der Waals surface area contributed by atoms with Crippen molar-refractivity contribution in [1.29, 1.82) is 0 Å². The standard InChI is InChI=1S/C25H25N5O2/c31-24(28-16-14-26-18-20-8-3-1-4-9-20)22-12-7-13-23(30-22)25(32)29-17-15-27-19-21-10-5-2-6-11-21/h1-13,18-19H,14-17H2,(H,28,31)(H,29,32). The quantitative estimate of drug-likeness (QED) is 0.385. The topological polar surface area (TPSA) is 95.8 Å². The molecule has 0 bridgehead atoms. The molecule has 1 heterocycles. The van der Waals surface area contributed by atoms with Crippen molar-refractivity contribution >= 4 is 24.2 Å². The van der Waals surface area contributed by atoms with Crippen LogP contribution in [0.15, 0.2) is 88.8 Å². The van der Waals surface area contributed by atoms with Crippen molar-refractivity contribution in [1.82, 2.24) is 15.6 Å². The second-order valence-electron chi connectivity index (χ2n) is 6.81. The normalized spacial score (nSPS) is 11.0. The summed E-state index contributed by atoms with van der Waals surface area (Å²) in [5.41, 5.74) is 2.38. The Morgan fingerprint density at radius 2 is 1.09 bits per heavy atom. The Balaban J connectivity index is 1.41. The van der Waals surface area contributed by atoms with Gasteiger partial charge < -0.3 is 10.6 Å². The first-order valence-electron chi connectivity index (χ1n) is 10.4. The number of rotatable bonds is 10. The Kier molecular flexibility index (Phi) is 8.84. The van der Waals surface area contributed by atoms with Crippen LogP contribution in [0, 0.1) is 0 Å². The van der Waals surface area contributed by atoms with Crippen molar-refractivity contribution in [3.05, 3.63) is 101 Å². The van der Waals surface area contributed by atoms with Gasteiger partial charge in [0.2, 0.25) is 0 Å². The van der Waals surface area contributed by atoms with Gasteiger partial charge in [0.25, 0.3) is 11.8 Å². The van der Waals surface area contributed by atoms with Crippen molar-refractivity contribution in [3.8, 4) is 0 Å². The first-order valence-corrected chi connectivity index (χ1v) is 10.4. The monoisotopic (exact) mass is 427 g/mol. The van der Waals surface area contributed by atoms with E-state index in [1.54, 1.807) is 30.6 Å². The molecule has 0 unspecified atom stereocenters. The summed E-state index contributed by atoms with van der Waals surface area (Å²) in [6, 6.07) is 24.3. The van der Waals surface area contributed by atoms with Gasteiger partial charge in [0.05, 0.1) is 13.1 Å². The molecule has 3 aromatic rings. The predicted octanol–water partition coefficient (Wildman–Crippen LogP) is 2.78. The van der Waals surface area contributed by atoms with Crippen LogP contribution in [0.25, 0.3) is 0 Å². The van der Waals surface area contributed by atoms with Gasteiger partial charge in [-0.1, -0.05) is 66.7 Å². The van der Waals surface area contributed by atoms with Crippen molar-refractivity contribution < 1.29 is 9.59 Å². The Morgan fingerprint density at radius 3 is 1.53 bits per heavy atom. The maximum Gasteiger partial charge on any atom is 0.269 e. The number of nitrogens with zero attached hydrogens (tertiary/aromatic N) is 3. The number of carbonyl (C=O) groups excluding carboxylic acids is 2. The Bertz CT molecular complexity index is 983. The van der Waals surface area contributed by atoms with Gasteiger partial charge in [0.15, 0.2) is 0 Å². The van der Waals surface area contributed by atoms with Gasteiger partial charge in [-0.05, 0) is 23.3 Å². The molecule has 7 heteroatoms. The first-order chi connectivity index (χ1) is 15.7. The van der Waals surface area contributed by atoms with Crippen LogP contribution in [0.3, 0.4) is 0 Å². The molecule has 0 radical (unpaired) electrons. The molecule has 162 valence electrons. The van der Waals surface area contributed by atoms with Crippen LogP contribution in [0.5, 0.6) is 0 Å². The zero-order chi connectivity index (χ0) is 22.4. The second-order valence-corrected chi connectivity index (χ2v) is 6.81. The first kappa shape index (κ1) is 22.6. The third-order valence-electron chi connectivity index (χ3n) is 4.35. The average Bonchev–Trinajstić information content (AvgIpc) is 2.84. The Hall–Kier alpha value is -4.13. The summed E-state index contributed by atoms with van der Waals surface area (Å²) in [6.07, 6.45) is 3.53. The van der Waals surface area contributed by atoms with E-state index in [4.69, 9.17) is 0 Å². The van der Waals surface area contributed by atoms with Crippen LogP contribution in [0.1, 0.15) is 32.1 Å². The highest BCUT2D eigenvalue weighted by molar-refractivity contribution is 5.96. The lowest BCUT2D eigenvalue weighted by Crippen LogP contribution is -2.29. The number of nitrogens with one attached hydrogen (secondary N) is 2. The molecule has 0 aliphatic heterocycles. The summed E-state index contributed by atoms with van der Waals surface area (Å²) in [7, 11) is 0. The van der Waals surface area contributed by atoms with E-state index in [2.05, 4.69) is 25.6 Å². The average molecular weight is 428 g/mol. The fourth-order valence-electron chi connectivity index (χ4n) is 2.75. The number of amides is 2. The fourth-order valence-corrected chi connectivity index (χ4v) is 2.75. The van der Waals surface area contributed by atoms with E-state index in [0.717, 1.165) is 11.1 Å². The lowest BCUT2D eigenvalue weighted by atomic mass is 10.2. The largest absolute Gasteiger partial charge is 0.349 e. The van der Waals surface area contributed by atoms with E-state index in [0.29, 0.717) is 26.2 Å². The van der Waals surface area contributed by atoms with Crippen molar-refractivity contribution in [2.24, 2.45) is 9.98 Å². The van der Waals surface area contributed by atoms with E-state index in [1.165, 1.54) is 0 Å². The zero-order valence-electron chi connectivity index (χ0n) is 17.6.